The van der Waals surface area contributed by atoms with Crippen LogP contribution in [-0.4, -0.2) is 19.1 Å². The van der Waals surface area contributed by atoms with Crippen LogP contribution in [-0.2, 0) is 17.4 Å². The Morgan fingerprint density at radius 3 is 2.58 bits per heavy atom. The molecule has 0 spiro atoms. The van der Waals surface area contributed by atoms with E-state index in [0.29, 0.717) is 0 Å². The van der Waals surface area contributed by atoms with Crippen LogP contribution in [0, 0.1) is 6.92 Å². The molecule has 0 fully saturated rings. The molecule has 0 bridgehead atoms. The van der Waals surface area contributed by atoms with E-state index in [1.54, 1.807) is 0 Å². The first-order valence-electron chi connectivity index (χ1n) is 7.47. The number of carbonyl (C=O) groups excluding carboxylic acids is 1. The van der Waals surface area contributed by atoms with Gasteiger partial charge in [0.05, 0.1) is 18.5 Å². The fourth-order valence-corrected chi connectivity index (χ4v) is 2.19. The van der Waals surface area contributed by atoms with Crippen molar-refractivity contribution in [2.24, 2.45) is 0 Å². The van der Waals surface area contributed by atoms with Crippen LogP contribution >= 0.6 is 0 Å². The summed E-state index contributed by atoms with van der Waals surface area (Å²) in [5.41, 5.74) is 1.22. The van der Waals surface area contributed by atoms with Crippen LogP contribution in [0.2, 0.25) is 0 Å². The molecule has 2 aromatic carbocycles. The fraction of sp³-hybridized carbons (Fsp3) is 0.278. The topological polar surface area (TPSA) is 38.3 Å². The summed E-state index contributed by atoms with van der Waals surface area (Å²) in [7, 11) is 0. The quantitative estimate of drug-likeness (QED) is 0.815. The molecule has 0 saturated carbocycles. The van der Waals surface area contributed by atoms with Gasteiger partial charge in [0.25, 0.3) is 0 Å². The molecule has 0 heterocycles. The van der Waals surface area contributed by atoms with Crippen molar-refractivity contribution in [2.75, 3.05) is 13.2 Å². The number of ether oxygens (including phenoxy) is 1. The Balaban J connectivity index is 1.76. The maximum atomic E-state index is 12.6. The van der Waals surface area contributed by atoms with Gasteiger partial charge in [-0.05, 0) is 30.7 Å². The Kier molecular flexibility index (Phi) is 5.84. The lowest BCUT2D eigenvalue weighted by molar-refractivity contribution is -0.137. The van der Waals surface area contributed by atoms with Gasteiger partial charge in [0.15, 0.2) is 0 Å². The summed E-state index contributed by atoms with van der Waals surface area (Å²) in [6.07, 6.45) is -4.15. The molecular weight excluding hydrogens is 319 g/mol. The Morgan fingerprint density at radius 2 is 1.88 bits per heavy atom. The Morgan fingerprint density at radius 1 is 1.12 bits per heavy atom. The monoisotopic (exact) mass is 337 g/mol. The van der Waals surface area contributed by atoms with Gasteiger partial charge in [-0.25, -0.2) is 0 Å². The highest BCUT2D eigenvalue weighted by Gasteiger charge is 2.30. The van der Waals surface area contributed by atoms with E-state index in [1.807, 2.05) is 31.2 Å². The summed E-state index contributed by atoms with van der Waals surface area (Å²) in [6, 6.07) is 12.3. The van der Waals surface area contributed by atoms with Crippen molar-refractivity contribution >= 4 is 5.91 Å². The molecule has 1 amide bonds. The van der Waals surface area contributed by atoms with Crippen LogP contribution in [0.1, 0.15) is 16.7 Å². The lowest BCUT2D eigenvalue weighted by Crippen LogP contribution is -2.29. The number of halogens is 3. The highest BCUT2D eigenvalue weighted by molar-refractivity contribution is 5.78. The lowest BCUT2D eigenvalue weighted by Gasteiger charge is -2.11. The first kappa shape index (κ1) is 17.8. The second-order valence-corrected chi connectivity index (χ2v) is 5.39. The maximum Gasteiger partial charge on any atom is 0.416 e. The largest absolute Gasteiger partial charge is 0.492 e. The van der Waals surface area contributed by atoms with Crippen molar-refractivity contribution in [1.82, 2.24) is 5.32 Å². The summed E-state index contributed by atoms with van der Waals surface area (Å²) >= 11 is 0. The summed E-state index contributed by atoms with van der Waals surface area (Å²) in [5, 5.41) is 2.68. The average Bonchev–Trinajstić information content (AvgIpc) is 2.51. The molecule has 1 N–H and O–H groups in total. The van der Waals surface area contributed by atoms with Gasteiger partial charge in [-0.15, -0.1) is 0 Å². The number of amides is 1. The minimum Gasteiger partial charge on any atom is -0.492 e. The molecule has 128 valence electrons. The van der Waals surface area contributed by atoms with E-state index < -0.39 is 11.7 Å². The molecule has 0 unspecified atom stereocenters. The summed E-state index contributed by atoms with van der Waals surface area (Å²) in [6.45, 7) is 2.27. The second-order valence-electron chi connectivity index (χ2n) is 5.39. The van der Waals surface area contributed by atoms with Gasteiger partial charge in [-0.1, -0.05) is 35.9 Å². The predicted molar refractivity (Wildman–Crippen MR) is 84.8 cm³/mol. The normalized spacial score (nSPS) is 11.2. The number of alkyl halides is 3. The van der Waals surface area contributed by atoms with E-state index in [0.717, 1.165) is 23.3 Å². The minimum atomic E-state index is -4.40. The molecular formula is C18H18F3NO2. The molecule has 0 aromatic heterocycles. The highest BCUT2D eigenvalue weighted by Crippen LogP contribution is 2.31. The SMILES string of the molecule is Cc1cccc(CC(=O)NCCOc2cccc(C(F)(F)F)c2)c1. The van der Waals surface area contributed by atoms with E-state index in [1.165, 1.54) is 12.1 Å². The van der Waals surface area contributed by atoms with Crippen LogP contribution < -0.4 is 10.1 Å². The smallest absolute Gasteiger partial charge is 0.416 e. The van der Waals surface area contributed by atoms with Gasteiger partial charge in [0.2, 0.25) is 5.91 Å². The van der Waals surface area contributed by atoms with E-state index in [9.17, 15) is 18.0 Å². The van der Waals surface area contributed by atoms with Gasteiger partial charge >= 0.3 is 6.18 Å². The van der Waals surface area contributed by atoms with Gasteiger partial charge in [0.1, 0.15) is 12.4 Å². The lowest BCUT2D eigenvalue weighted by atomic mass is 10.1. The van der Waals surface area contributed by atoms with Crippen molar-refractivity contribution in [3.63, 3.8) is 0 Å². The van der Waals surface area contributed by atoms with Gasteiger partial charge < -0.3 is 10.1 Å². The molecule has 6 heteroatoms. The zero-order valence-electron chi connectivity index (χ0n) is 13.2. The molecule has 0 saturated heterocycles. The molecule has 2 aromatic rings. The number of hydrogen-bond donors (Lipinski definition) is 1. The molecule has 0 aliphatic heterocycles. The standard InChI is InChI=1S/C18H18F3NO2/c1-13-4-2-5-14(10-13)11-17(23)22-8-9-24-16-7-3-6-15(12-16)18(19,20)21/h2-7,10,12H,8-9,11H2,1H3,(H,22,23). The molecule has 0 aliphatic rings. The van der Waals surface area contributed by atoms with Crippen LogP contribution in [0.15, 0.2) is 48.5 Å². The fourth-order valence-electron chi connectivity index (χ4n) is 2.19. The summed E-state index contributed by atoms with van der Waals surface area (Å²) in [4.78, 5) is 11.8. The zero-order valence-corrected chi connectivity index (χ0v) is 13.2. The van der Waals surface area contributed by atoms with Gasteiger partial charge in [-0.2, -0.15) is 13.2 Å². The highest BCUT2D eigenvalue weighted by atomic mass is 19.4. The van der Waals surface area contributed by atoms with E-state index >= 15 is 0 Å². The van der Waals surface area contributed by atoms with E-state index in [-0.39, 0.29) is 31.2 Å². The molecule has 3 nitrogen and oxygen atoms in total. The van der Waals surface area contributed by atoms with Crippen LogP contribution in [0.3, 0.4) is 0 Å². The number of rotatable bonds is 6. The number of aryl methyl sites for hydroxylation is 1. The number of nitrogens with one attached hydrogen (secondary N) is 1. The summed E-state index contributed by atoms with van der Waals surface area (Å²) in [5.74, 6) is -0.0361. The third-order valence-electron chi connectivity index (χ3n) is 3.30. The number of hydrogen-bond acceptors (Lipinski definition) is 2. The molecule has 0 atom stereocenters. The van der Waals surface area contributed by atoms with Crippen LogP contribution in [0.25, 0.3) is 0 Å². The Bertz CT molecular complexity index is 699. The predicted octanol–water partition coefficient (Wildman–Crippen LogP) is 3.75. The first-order chi connectivity index (χ1) is 11.3. The van der Waals surface area contributed by atoms with Crippen molar-refractivity contribution in [1.29, 1.82) is 0 Å². The van der Waals surface area contributed by atoms with Crippen LogP contribution in [0.4, 0.5) is 13.2 Å². The zero-order chi connectivity index (χ0) is 17.6. The number of carbonyl (C=O) groups is 1. The molecule has 24 heavy (non-hydrogen) atoms. The van der Waals surface area contributed by atoms with Crippen LogP contribution in [0.5, 0.6) is 5.75 Å². The first-order valence-corrected chi connectivity index (χ1v) is 7.47. The molecule has 0 radical (unpaired) electrons. The molecule has 2 rings (SSSR count). The average molecular weight is 337 g/mol. The summed E-state index contributed by atoms with van der Waals surface area (Å²) < 4.78 is 43.0. The van der Waals surface area contributed by atoms with Gasteiger partial charge in [0, 0.05) is 0 Å². The van der Waals surface area contributed by atoms with E-state index in [2.05, 4.69) is 5.32 Å². The van der Waals surface area contributed by atoms with E-state index in [4.69, 9.17) is 4.74 Å². The van der Waals surface area contributed by atoms with Crippen molar-refractivity contribution in [3.05, 3.63) is 65.2 Å². The Labute approximate surface area is 138 Å². The number of benzene rings is 2. The Hall–Kier alpha value is -2.50. The third kappa shape index (κ3) is 5.61. The minimum absolute atomic E-state index is 0.0981. The second kappa shape index (κ2) is 7.86. The third-order valence-corrected chi connectivity index (χ3v) is 3.30. The maximum absolute atomic E-state index is 12.6. The molecule has 0 aliphatic carbocycles. The van der Waals surface area contributed by atoms with Crippen molar-refractivity contribution in [3.8, 4) is 5.75 Å². The van der Waals surface area contributed by atoms with Crippen molar-refractivity contribution < 1.29 is 22.7 Å². The van der Waals surface area contributed by atoms with Crippen molar-refractivity contribution in [2.45, 2.75) is 19.5 Å². The van der Waals surface area contributed by atoms with Gasteiger partial charge in [-0.3, -0.25) is 4.79 Å².